The molecule has 0 unspecified atom stereocenters. The first kappa shape index (κ1) is 20.9. The topological polar surface area (TPSA) is 96.7 Å². The lowest BCUT2D eigenvalue weighted by molar-refractivity contribution is -0.384. The van der Waals surface area contributed by atoms with E-state index in [0.717, 1.165) is 10.5 Å². The summed E-state index contributed by atoms with van der Waals surface area (Å²) in [7, 11) is 1.75. The number of imide groups is 1. The van der Waals surface area contributed by atoms with Gasteiger partial charge in [0.15, 0.2) is 0 Å². The van der Waals surface area contributed by atoms with Crippen LogP contribution in [0.3, 0.4) is 0 Å². The summed E-state index contributed by atoms with van der Waals surface area (Å²) in [5, 5.41) is 11.0. The highest BCUT2D eigenvalue weighted by Gasteiger charge is 2.41. The van der Waals surface area contributed by atoms with Crippen LogP contribution in [0.25, 0.3) is 5.57 Å². The molecule has 3 aromatic rings. The molecule has 0 radical (unpaired) electrons. The Bertz CT molecular complexity index is 1190. The minimum absolute atomic E-state index is 0.0394. The molecular weight excluding hydrogens is 408 g/mol. The van der Waals surface area contributed by atoms with Gasteiger partial charge < -0.3 is 4.90 Å². The van der Waals surface area contributed by atoms with E-state index in [2.05, 4.69) is 4.98 Å². The molecular formula is C24H20N4O4. The number of carbonyl (C=O) groups is 2. The van der Waals surface area contributed by atoms with E-state index in [1.807, 2.05) is 30.3 Å². The smallest absolute Gasteiger partial charge is 0.278 e. The molecule has 0 spiro atoms. The summed E-state index contributed by atoms with van der Waals surface area (Å²) in [6.07, 6.45) is 1.60. The van der Waals surface area contributed by atoms with Gasteiger partial charge in [0.2, 0.25) is 0 Å². The van der Waals surface area contributed by atoms with Gasteiger partial charge in [-0.2, -0.15) is 0 Å². The van der Waals surface area contributed by atoms with Gasteiger partial charge >= 0.3 is 0 Å². The number of hydrogen-bond acceptors (Lipinski definition) is 6. The second-order valence-corrected chi connectivity index (χ2v) is 7.39. The summed E-state index contributed by atoms with van der Waals surface area (Å²) < 4.78 is 0. The zero-order valence-corrected chi connectivity index (χ0v) is 17.3. The van der Waals surface area contributed by atoms with Crippen molar-refractivity contribution in [3.8, 4) is 0 Å². The van der Waals surface area contributed by atoms with Crippen LogP contribution < -0.4 is 0 Å². The molecule has 1 aliphatic heterocycles. The van der Waals surface area contributed by atoms with Crippen LogP contribution in [0, 0.1) is 10.1 Å². The lowest BCUT2D eigenvalue weighted by atomic mass is 10.0. The zero-order chi connectivity index (χ0) is 22.7. The quantitative estimate of drug-likeness (QED) is 0.325. The minimum Gasteiger partial charge on any atom is -0.365 e. The second-order valence-electron chi connectivity index (χ2n) is 7.39. The number of nitrogens with zero attached hydrogens (tertiary/aromatic N) is 4. The molecule has 0 N–H and O–H groups in total. The summed E-state index contributed by atoms with van der Waals surface area (Å²) in [6.45, 7) is 0.459. The van der Waals surface area contributed by atoms with Crippen LogP contribution in [-0.2, 0) is 22.7 Å². The molecule has 8 nitrogen and oxygen atoms in total. The average Bonchev–Trinajstić information content (AvgIpc) is 3.05. The molecule has 0 aliphatic carbocycles. The molecule has 8 heteroatoms. The van der Waals surface area contributed by atoms with Gasteiger partial charge in [0.1, 0.15) is 5.70 Å². The predicted molar refractivity (Wildman–Crippen MR) is 118 cm³/mol. The maximum Gasteiger partial charge on any atom is 0.278 e. The van der Waals surface area contributed by atoms with Crippen molar-refractivity contribution in [3.63, 3.8) is 0 Å². The van der Waals surface area contributed by atoms with E-state index in [-0.39, 0.29) is 23.5 Å². The Balaban J connectivity index is 1.73. The van der Waals surface area contributed by atoms with Crippen LogP contribution in [0.1, 0.15) is 16.8 Å². The number of pyridine rings is 1. The van der Waals surface area contributed by atoms with Crippen molar-refractivity contribution in [2.24, 2.45) is 0 Å². The van der Waals surface area contributed by atoms with E-state index >= 15 is 0 Å². The van der Waals surface area contributed by atoms with Crippen LogP contribution >= 0.6 is 0 Å². The molecule has 2 amide bonds. The van der Waals surface area contributed by atoms with E-state index in [9.17, 15) is 19.7 Å². The molecule has 2 heterocycles. The van der Waals surface area contributed by atoms with E-state index in [4.69, 9.17) is 0 Å². The van der Waals surface area contributed by atoms with Gasteiger partial charge in [0.05, 0.1) is 22.7 Å². The SMILES string of the molecule is CN(Cc1ccccc1)C1=C(c2ccc([N+](=O)[O-])cc2)C(=O)N(Cc2ccccn2)C1=O. The first-order valence-electron chi connectivity index (χ1n) is 9.96. The highest BCUT2D eigenvalue weighted by atomic mass is 16.6. The molecule has 32 heavy (non-hydrogen) atoms. The highest BCUT2D eigenvalue weighted by molar-refractivity contribution is 6.35. The Morgan fingerprint density at radius 1 is 0.938 bits per heavy atom. The standard InChI is InChI=1S/C24H20N4O4/c1-26(15-17-7-3-2-4-8-17)22-21(18-10-12-20(13-11-18)28(31)32)23(29)27(24(22)30)16-19-9-5-6-14-25-19/h2-14H,15-16H2,1H3. The molecule has 0 bridgehead atoms. The number of hydrogen-bond donors (Lipinski definition) is 0. The molecule has 160 valence electrons. The fourth-order valence-electron chi connectivity index (χ4n) is 3.66. The van der Waals surface area contributed by atoms with Crippen LogP contribution in [0.2, 0.25) is 0 Å². The predicted octanol–water partition coefficient (Wildman–Crippen LogP) is 3.40. The van der Waals surface area contributed by atoms with E-state index < -0.39 is 16.7 Å². The summed E-state index contributed by atoms with van der Waals surface area (Å²) in [5.74, 6) is -0.878. The fraction of sp³-hybridized carbons (Fsp3) is 0.125. The van der Waals surface area contributed by atoms with Gasteiger partial charge in [-0.05, 0) is 35.4 Å². The van der Waals surface area contributed by atoms with Gasteiger partial charge in [-0.25, -0.2) is 0 Å². The maximum absolute atomic E-state index is 13.4. The third kappa shape index (κ3) is 4.11. The number of rotatable bonds is 7. The number of nitro benzene ring substituents is 1. The van der Waals surface area contributed by atoms with Gasteiger partial charge in [0, 0.05) is 31.9 Å². The maximum atomic E-state index is 13.4. The summed E-state index contributed by atoms with van der Waals surface area (Å²) in [5.41, 5.74) is 2.41. The van der Waals surface area contributed by atoms with Gasteiger partial charge in [-0.1, -0.05) is 36.4 Å². The third-order valence-corrected chi connectivity index (χ3v) is 5.20. The Labute approximate surface area is 184 Å². The van der Waals surface area contributed by atoms with Crippen molar-refractivity contribution in [3.05, 3.63) is 112 Å². The van der Waals surface area contributed by atoms with Crippen molar-refractivity contribution >= 4 is 23.1 Å². The van der Waals surface area contributed by atoms with Crippen LogP contribution in [0.4, 0.5) is 5.69 Å². The molecule has 4 rings (SSSR count). The Hall–Kier alpha value is -4.33. The third-order valence-electron chi connectivity index (χ3n) is 5.20. The minimum atomic E-state index is -0.504. The molecule has 0 atom stereocenters. The first-order valence-corrected chi connectivity index (χ1v) is 9.96. The number of aromatic nitrogens is 1. The fourth-order valence-corrected chi connectivity index (χ4v) is 3.66. The van der Waals surface area contributed by atoms with Crippen molar-refractivity contribution in [1.29, 1.82) is 0 Å². The molecule has 2 aromatic carbocycles. The van der Waals surface area contributed by atoms with E-state index in [1.165, 1.54) is 24.3 Å². The summed E-state index contributed by atoms with van der Waals surface area (Å²) in [4.78, 5) is 44.4. The number of likely N-dealkylation sites (N-methyl/N-ethyl adjacent to an activating group) is 1. The summed E-state index contributed by atoms with van der Waals surface area (Å²) in [6, 6.07) is 20.6. The second kappa shape index (κ2) is 8.81. The van der Waals surface area contributed by atoms with Crippen LogP contribution in [-0.4, -0.2) is 38.6 Å². The molecule has 0 saturated heterocycles. The van der Waals surface area contributed by atoms with E-state index in [0.29, 0.717) is 17.8 Å². The molecule has 0 fully saturated rings. The van der Waals surface area contributed by atoms with Gasteiger partial charge in [-0.15, -0.1) is 0 Å². The van der Waals surface area contributed by atoms with Gasteiger partial charge in [-0.3, -0.25) is 29.6 Å². The number of benzene rings is 2. The van der Waals surface area contributed by atoms with E-state index in [1.54, 1.807) is 36.3 Å². The lowest BCUT2D eigenvalue weighted by Gasteiger charge is -2.21. The van der Waals surface area contributed by atoms with Crippen molar-refractivity contribution in [2.45, 2.75) is 13.1 Å². The van der Waals surface area contributed by atoms with Crippen molar-refractivity contribution < 1.29 is 14.5 Å². The Kier molecular flexibility index (Phi) is 5.76. The number of non-ortho nitro benzene ring substituents is 1. The first-order chi connectivity index (χ1) is 15.5. The number of carbonyl (C=O) groups excluding carboxylic acids is 2. The Morgan fingerprint density at radius 2 is 1.62 bits per heavy atom. The largest absolute Gasteiger partial charge is 0.365 e. The lowest BCUT2D eigenvalue weighted by Crippen LogP contribution is -2.33. The normalized spacial score (nSPS) is 13.6. The zero-order valence-electron chi connectivity index (χ0n) is 17.3. The van der Waals surface area contributed by atoms with Crippen LogP contribution in [0.5, 0.6) is 0 Å². The van der Waals surface area contributed by atoms with Gasteiger partial charge in [0.25, 0.3) is 17.5 Å². The Morgan fingerprint density at radius 3 is 2.25 bits per heavy atom. The molecule has 1 aliphatic rings. The molecule has 0 saturated carbocycles. The highest BCUT2D eigenvalue weighted by Crippen LogP contribution is 2.33. The summed E-state index contributed by atoms with van der Waals surface area (Å²) >= 11 is 0. The van der Waals surface area contributed by atoms with Crippen molar-refractivity contribution in [2.75, 3.05) is 7.05 Å². The average molecular weight is 428 g/mol. The number of nitro groups is 1. The monoisotopic (exact) mass is 428 g/mol. The van der Waals surface area contributed by atoms with Crippen molar-refractivity contribution in [1.82, 2.24) is 14.8 Å². The number of amides is 2. The van der Waals surface area contributed by atoms with Crippen LogP contribution in [0.15, 0.2) is 84.7 Å². The molecule has 1 aromatic heterocycles.